The molecule has 26 heavy (non-hydrogen) atoms. The molecule has 4 aromatic rings. The number of pyridine rings is 1. The van der Waals surface area contributed by atoms with Gasteiger partial charge in [0.05, 0.1) is 11.4 Å². The number of hydrogen-bond donors (Lipinski definition) is 0. The number of rotatable bonds is 3. The van der Waals surface area contributed by atoms with E-state index in [-0.39, 0.29) is 0 Å². The van der Waals surface area contributed by atoms with Crippen LogP contribution in [0.25, 0.3) is 11.3 Å². The maximum atomic E-state index is 4.71. The van der Waals surface area contributed by atoms with Crippen LogP contribution in [0, 0.1) is 6.92 Å². The molecule has 7 heteroatoms. The van der Waals surface area contributed by atoms with E-state index in [2.05, 4.69) is 30.8 Å². The molecule has 0 spiro atoms. The number of aryl methyl sites for hydroxylation is 1. The quantitative estimate of drug-likeness (QED) is 0.570. The van der Waals surface area contributed by atoms with Crippen LogP contribution in [0.2, 0.25) is 0 Å². The first-order valence-electron chi connectivity index (χ1n) is 9.10. The predicted octanol–water partition coefficient (Wildman–Crippen LogP) is 2.46. The maximum Gasteiger partial charge on any atom is 0.177 e. The van der Waals surface area contributed by atoms with E-state index < -0.39 is 0 Å². The number of aromatic nitrogens is 6. The molecule has 0 N–H and O–H groups in total. The van der Waals surface area contributed by atoms with Gasteiger partial charge >= 0.3 is 0 Å². The van der Waals surface area contributed by atoms with Gasteiger partial charge in [0, 0.05) is 24.9 Å². The number of fused-ring (bicyclic) bond motifs is 2. The molecule has 7 nitrogen and oxygen atoms in total. The summed E-state index contributed by atoms with van der Waals surface area (Å²) in [5.74, 6) is 1.41. The first-order chi connectivity index (χ1) is 12.8. The van der Waals surface area contributed by atoms with Crippen molar-refractivity contribution in [3.63, 3.8) is 0 Å². The van der Waals surface area contributed by atoms with Crippen LogP contribution < -0.4 is 0 Å². The van der Waals surface area contributed by atoms with Crippen molar-refractivity contribution in [1.29, 1.82) is 0 Å². The summed E-state index contributed by atoms with van der Waals surface area (Å²) >= 11 is 0. The molecule has 4 aromatic heterocycles. The van der Waals surface area contributed by atoms with E-state index >= 15 is 0 Å². The van der Waals surface area contributed by atoms with Crippen molar-refractivity contribution >= 4 is 11.3 Å². The fourth-order valence-electron chi connectivity index (χ4n) is 3.79. The standard InChI is InChI=1S/C19H21N7/c1-14-5-6-18-21-22-19(26(18)23-14)15-7-10-24(11-8-15)12-16-13-25-9-3-2-4-17(25)20-16/h2-6,9,13,15H,7-8,10-12H2,1H3. The lowest BCUT2D eigenvalue weighted by Gasteiger charge is -2.30. The second kappa shape index (κ2) is 6.17. The van der Waals surface area contributed by atoms with Crippen molar-refractivity contribution in [2.24, 2.45) is 0 Å². The third-order valence-corrected chi connectivity index (χ3v) is 5.17. The van der Waals surface area contributed by atoms with E-state index in [1.165, 1.54) is 0 Å². The molecule has 1 fully saturated rings. The lowest BCUT2D eigenvalue weighted by atomic mass is 9.96. The zero-order valence-corrected chi connectivity index (χ0v) is 14.8. The number of nitrogens with zero attached hydrogens (tertiary/aromatic N) is 7. The van der Waals surface area contributed by atoms with Crippen LogP contribution in [0.4, 0.5) is 0 Å². The summed E-state index contributed by atoms with van der Waals surface area (Å²) in [5, 5.41) is 13.3. The number of piperidine rings is 1. The Morgan fingerprint density at radius 2 is 1.92 bits per heavy atom. The third kappa shape index (κ3) is 2.74. The fourth-order valence-corrected chi connectivity index (χ4v) is 3.79. The summed E-state index contributed by atoms with van der Waals surface area (Å²) in [4.78, 5) is 7.18. The predicted molar refractivity (Wildman–Crippen MR) is 98.0 cm³/mol. The molecular weight excluding hydrogens is 326 g/mol. The van der Waals surface area contributed by atoms with E-state index in [1.54, 1.807) is 0 Å². The number of imidazole rings is 1. The Hall–Kier alpha value is -2.80. The smallest absolute Gasteiger partial charge is 0.177 e. The highest BCUT2D eigenvalue weighted by atomic mass is 15.4. The van der Waals surface area contributed by atoms with E-state index in [1.807, 2.05) is 48.0 Å². The zero-order chi connectivity index (χ0) is 17.5. The highest BCUT2D eigenvalue weighted by Crippen LogP contribution is 2.27. The van der Waals surface area contributed by atoms with Gasteiger partial charge in [0.25, 0.3) is 0 Å². The fraction of sp³-hybridized carbons (Fsp3) is 0.368. The summed E-state index contributed by atoms with van der Waals surface area (Å²) in [6.45, 7) is 4.98. The van der Waals surface area contributed by atoms with Gasteiger partial charge < -0.3 is 4.40 Å². The summed E-state index contributed by atoms with van der Waals surface area (Å²) in [6.07, 6.45) is 6.32. The van der Waals surface area contributed by atoms with Crippen molar-refractivity contribution in [2.45, 2.75) is 32.2 Å². The van der Waals surface area contributed by atoms with Crippen molar-refractivity contribution in [3.8, 4) is 0 Å². The van der Waals surface area contributed by atoms with Gasteiger partial charge in [-0.15, -0.1) is 10.2 Å². The van der Waals surface area contributed by atoms with Gasteiger partial charge in [-0.3, -0.25) is 4.90 Å². The molecule has 0 saturated carbocycles. The summed E-state index contributed by atoms with van der Waals surface area (Å²) in [6, 6.07) is 10.1. The van der Waals surface area contributed by atoms with E-state index in [0.717, 1.165) is 61.0 Å². The molecule has 0 aromatic carbocycles. The lowest BCUT2D eigenvalue weighted by Crippen LogP contribution is -2.33. The minimum Gasteiger partial charge on any atom is -0.307 e. The Morgan fingerprint density at radius 3 is 2.77 bits per heavy atom. The van der Waals surface area contributed by atoms with Crippen LogP contribution in [0.5, 0.6) is 0 Å². The molecular formula is C19H21N7. The maximum absolute atomic E-state index is 4.71. The van der Waals surface area contributed by atoms with Crippen LogP contribution in [0.15, 0.2) is 42.7 Å². The Bertz CT molecular complexity index is 1020. The lowest BCUT2D eigenvalue weighted by molar-refractivity contribution is 0.199. The Balaban J connectivity index is 1.29. The molecule has 0 unspecified atom stereocenters. The van der Waals surface area contributed by atoms with E-state index in [4.69, 9.17) is 4.98 Å². The number of hydrogen-bond acceptors (Lipinski definition) is 5. The SMILES string of the molecule is Cc1ccc2nnc(C3CCN(Cc4cn5ccccc5n4)CC3)n2n1. The molecule has 5 rings (SSSR count). The van der Waals surface area contributed by atoms with Gasteiger partial charge in [0.2, 0.25) is 0 Å². The molecule has 132 valence electrons. The molecule has 0 amide bonds. The van der Waals surface area contributed by atoms with Gasteiger partial charge in [0.15, 0.2) is 11.5 Å². The minimum atomic E-state index is 0.414. The molecule has 0 radical (unpaired) electrons. The van der Waals surface area contributed by atoms with Crippen LogP contribution in [-0.2, 0) is 6.54 Å². The molecule has 0 aliphatic carbocycles. The first-order valence-corrected chi connectivity index (χ1v) is 9.10. The van der Waals surface area contributed by atoms with Gasteiger partial charge in [-0.05, 0) is 57.1 Å². The summed E-state index contributed by atoms with van der Waals surface area (Å²) < 4.78 is 4.00. The van der Waals surface area contributed by atoms with Crippen LogP contribution in [0.3, 0.4) is 0 Å². The highest BCUT2D eigenvalue weighted by Gasteiger charge is 2.25. The zero-order valence-electron chi connectivity index (χ0n) is 14.8. The normalized spacial score (nSPS) is 16.7. The monoisotopic (exact) mass is 347 g/mol. The molecule has 1 aliphatic rings. The Labute approximate surface area is 151 Å². The van der Waals surface area contributed by atoms with Gasteiger partial charge in [-0.25, -0.2) is 4.98 Å². The van der Waals surface area contributed by atoms with Gasteiger partial charge in [0.1, 0.15) is 5.65 Å². The van der Waals surface area contributed by atoms with Crippen LogP contribution in [0.1, 0.15) is 36.0 Å². The topological polar surface area (TPSA) is 63.6 Å². The average Bonchev–Trinajstić information content (AvgIpc) is 3.25. The van der Waals surface area contributed by atoms with Gasteiger partial charge in [-0.2, -0.15) is 9.61 Å². The van der Waals surface area contributed by atoms with Crippen molar-refractivity contribution in [2.75, 3.05) is 13.1 Å². The van der Waals surface area contributed by atoms with Crippen molar-refractivity contribution < 1.29 is 0 Å². The summed E-state index contributed by atoms with van der Waals surface area (Å²) in [7, 11) is 0. The van der Waals surface area contributed by atoms with Crippen molar-refractivity contribution in [1.82, 2.24) is 34.1 Å². The molecule has 0 atom stereocenters. The molecule has 5 heterocycles. The van der Waals surface area contributed by atoms with Crippen molar-refractivity contribution in [3.05, 3.63) is 59.9 Å². The minimum absolute atomic E-state index is 0.414. The second-order valence-electron chi connectivity index (χ2n) is 7.05. The summed E-state index contributed by atoms with van der Waals surface area (Å²) in [5.41, 5.74) is 3.95. The second-order valence-corrected chi connectivity index (χ2v) is 7.05. The Kier molecular flexibility index (Phi) is 3.67. The molecule has 1 saturated heterocycles. The Morgan fingerprint density at radius 1 is 1.04 bits per heavy atom. The average molecular weight is 347 g/mol. The number of likely N-dealkylation sites (tertiary alicyclic amines) is 1. The van der Waals surface area contributed by atoms with Gasteiger partial charge in [-0.1, -0.05) is 6.07 Å². The van der Waals surface area contributed by atoms with Crippen LogP contribution >= 0.6 is 0 Å². The van der Waals surface area contributed by atoms with E-state index in [0.29, 0.717) is 5.92 Å². The van der Waals surface area contributed by atoms with E-state index in [9.17, 15) is 0 Å². The molecule has 1 aliphatic heterocycles. The largest absolute Gasteiger partial charge is 0.307 e. The third-order valence-electron chi connectivity index (χ3n) is 5.17. The first kappa shape index (κ1) is 15.5. The van der Waals surface area contributed by atoms with Crippen LogP contribution in [-0.4, -0.2) is 47.2 Å². The molecule has 0 bridgehead atoms. The highest BCUT2D eigenvalue weighted by molar-refractivity contribution is 5.39.